The molecule has 0 spiro atoms. The third-order valence-corrected chi connectivity index (χ3v) is 3.97. The van der Waals surface area contributed by atoms with Crippen LogP contribution in [0, 0.1) is 0 Å². The van der Waals surface area contributed by atoms with Crippen LogP contribution >= 0.6 is 0 Å². The van der Waals surface area contributed by atoms with Crippen LogP contribution in [0.4, 0.5) is 0 Å². The van der Waals surface area contributed by atoms with Crippen LogP contribution in [0.1, 0.15) is 49.4 Å². The first-order valence-corrected chi connectivity index (χ1v) is 6.57. The Morgan fingerprint density at radius 2 is 1.94 bits per heavy atom. The molecule has 1 saturated heterocycles. The number of hydrogen-bond donors (Lipinski definition) is 1. The minimum Gasteiger partial charge on any atom is -0.324 e. The first-order valence-electron chi connectivity index (χ1n) is 6.57. The lowest BCUT2D eigenvalue weighted by Crippen LogP contribution is -2.40. The smallest absolute Gasteiger partial charge is 0.0444 e. The Morgan fingerprint density at radius 1 is 1.12 bits per heavy atom. The van der Waals surface area contributed by atoms with E-state index in [1.807, 2.05) is 0 Å². The summed E-state index contributed by atoms with van der Waals surface area (Å²) in [6.45, 7) is 2.41. The molecular weight excluding hydrogens is 198 g/mol. The lowest BCUT2D eigenvalue weighted by atomic mass is 9.94. The van der Waals surface area contributed by atoms with Crippen molar-refractivity contribution in [2.45, 2.75) is 44.6 Å². The molecule has 1 aliphatic heterocycles. The summed E-state index contributed by atoms with van der Waals surface area (Å²) in [6, 6.07) is 2.50. The van der Waals surface area contributed by atoms with Crippen LogP contribution in [-0.2, 0) is 6.42 Å². The number of rotatable bonds is 1. The Kier molecular flexibility index (Phi) is 2.64. The van der Waals surface area contributed by atoms with Gasteiger partial charge in [-0.3, -0.25) is 4.68 Å². The van der Waals surface area contributed by atoms with E-state index in [0.29, 0.717) is 0 Å². The molecule has 0 radical (unpaired) electrons. The van der Waals surface area contributed by atoms with Crippen LogP contribution in [-0.4, -0.2) is 17.8 Å². The molecule has 0 amide bonds. The number of nitrogens with two attached hydrogens (primary N) is 1. The Balaban J connectivity index is 1.89. The Bertz CT molecular complexity index is 363. The number of hydrogen-bond acceptors (Lipinski definition) is 2. The summed E-state index contributed by atoms with van der Waals surface area (Å²) in [4.78, 5) is 0. The van der Waals surface area contributed by atoms with E-state index >= 15 is 0 Å². The van der Waals surface area contributed by atoms with Gasteiger partial charge in [-0.1, -0.05) is 0 Å². The zero-order chi connectivity index (χ0) is 11.0. The van der Waals surface area contributed by atoms with Crippen LogP contribution in [0.2, 0.25) is 0 Å². The number of fused-ring (bicyclic) bond motifs is 1. The molecule has 2 aliphatic rings. The van der Waals surface area contributed by atoms with Crippen LogP contribution in [0.15, 0.2) is 12.3 Å². The lowest BCUT2D eigenvalue weighted by molar-refractivity contribution is 0.457. The van der Waals surface area contributed by atoms with Crippen LogP contribution < -0.4 is 10.7 Å². The molecule has 0 bridgehead atoms. The van der Waals surface area contributed by atoms with E-state index in [9.17, 15) is 0 Å². The molecule has 1 aromatic heterocycles. The van der Waals surface area contributed by atoms with Gasteiger partial charge < -0.3 is 10.7 Å². The molecule has 2 N–H and O–H groups in total. The number of piperidine rings is 1. The average Bonchev–Trinajstić information content (AvgIpc) is 2.75. The Morgan fingerprint density at radius 3 is 2.75 bits per heavy atom. The highest BCUT2D eigenvalue weighted by Crippen LogP contribution is 2.29. The van der Waals surface area contributed by atoms with Gasteiger partial charge in [-0.05, 0) is 50.2 Å². The van der Waals surface area contributed by atoms with Crippen molar-refractivity contribution in [3.8, 4) is 0 Å². The summed E-state index contributed by atoms with van der Waals surface area (Å²) >= 11 is 0. The summed E-state index contributed by atoms with van der Waals surface area (Å²) in [5, 5.41) is 2.49. The van der Waals surface area contributed by atoms with E-state index in [1.165, 1.54) is 56.5 Å². The summed E-state index contributed by atoms with van der Waals surface area (Å²) in [5.74, 6) is 0. The fourth-order valence-electron chi connectivity index (χ4n) is 3.07. The molecule has 1 aliphatic carbocycles. The summed E-state index contributed by atoms with van der Waals surface area (Å²) in [6.07, 6.45) is 9.87. The second-order valence-corrected chi connectivity index (χ2v) is 5.08. The third kappa shape index (κ3) is 1.63. The molecule has 0 aromatic carbocycles. The van der Waals surface area contributed by atoms with E-state index in [2.05, 4.69) is 21.9 Å². The minimum absolute atomic E-state index is 0.273. The molecule has 0 saturated carbocycles. The van der Waals surface area contributed by atoms with Gasteiger partial charge in [0.1, 0.15) is 0 Å². The molecule has 16 heavy (non-hydrogen) atoms. The van der Waals surface area contributed by atoms with Gasteiger partial charge >= 0.3 is 0 Å². The van der Waals surface area contributed by atoms with E-state index < -0.39 is 0 Å². The monoisotopic (exact) mass is 219 g/mol. The highest BCUT2D eigenvalue weighted by Gasteiger charge is 2.22. The van der Waals surface area contributed by atoms with Gasteiger partial charge in [0.15, 0.2) is 0 Å². The predicted octanol–water partition coefficient (Wildman–Crippen LogP) is 1.95. The third-order valence-electron chi connectivity index (χ3n) is 3.97. The minimum atomic E-state index is 0.273. The highest BCUT2D eigenvalue weighted by atomic mass is 15.5. The maximum atomic E-state index is 6.16. The average molecular weight is 219 g/mol. The van der Waals surface area contributed by atoms with Crippen molar-refractivity contribution in [1.29, 1.82) is 0 Å². The Hall–Kier alpha value is -0.960. The van der Waals surface area contributed by atoms with E-state index in [4.69, 9.17) is 5.73 Å². The van der Waals surface area contributed by atoms with Gasteiger partial charge in [-0.25, -0.2) is 0 Å². The summed E-state index contributed by atoms with van der Waals surface area (Å²) in [7, 11) is 0. The van der Waals surface area contributed by atoms with Gasteiger partial charge in [0.25, 0.3) is 0 Å². The second kappa shape index (κ2) is 4.13. The van der Waals surface area contributed by atoms with Gasteiger partial charge in [-0.2, -0.15) is 0 Å². The molecule has 88 valence electrons. The van der Waals surface area contributed by atoms with Crippen LogP contribution in [0.25, 0.3) is 0 Å². The van der Waals surface area contributed by atoms with Crippen molar-refractivity contribution in [2.75, 3.05) is 18.1 Å². The summed E-state index contributed by atoms with van der Waals surface area (Å²) in [5.41, 5.74) is 9.02. The zero-order valence-electron chi connectivity index (χ0n) is 9.86. The molecule has 2 heterocycles. The topological polar surface area (TPSA) is 34.2 Å². The van der Waals surface area contributed by atoms with Crippen molar-refractivity contribution in [1.82, 2.24) is 4.68 Å². The lowest BCUT2D eigenvalue weighted by Gasteiger charge is -2.33. The fraction of sp³-hybridized carbons (Fsp3) is 0.692. The SMILES string of the molecule is NC1CCCc2c1ccn2N1CCCCC1. The van der Waals surface area contributed by atoms with Crippen molar-refractivity contribution in [3.63, 3.8) is 0 Å². The standard InChI is InChI=1S/C13H21N3/c14-12-5-4-6-13-11(12)7-10-16(13)15-8-2-1-3-9-15/h7,10,12H,1-6,8-9,14H2. The van der Waals surface area contributed by atoms with Crippen molar-refractivity contribution in [2.24, 2.45) is 5.73 Å². The van der Waals surface area contributed by atoms with E-state index in [1.54, 1.807) is 0 Å². The van der Waals surface area contributed by atoms with Gasteiger partial charge in [-0.15, -0.1) is 0 Å². The zero-order valence-corrected chi connectivity index (χ0v) is 9.86. The van der Waals surface area contributed by atoms with Crippen molar-refractivity contribution >= 4 is 0 Å². The largest absolute Gasteiger partial charge is 0.324 e. The molecule has 1 aromatic rings. The number of aromatic nitrogens is 1. The Labute approximate surface area is 97.2 Å². The quantitative estimate of drug-likeness (QED) is 0.783. The maximum Gasteiger partial charge on any atom is 0.0444 e. The summed E-state index contributed by atoms with van der Waals surface area (Å²) < 4.78 is 2.38. The predicted molar refractivity (Wildman–Crippen MR) is 66.1 cm³/mol. The fourth-order valence-corrected chi connectivity index (χ4v) is 3.07. The number of nitrogens with zero attached hydrogens (tertiary/aromatic N) is 2. The molecular formula is C13H21N3. The molecule has 1 atom stereocenters. The van der Waals surface area contributed by atoms with Crippen molar-refractivity contribution < 1.29 is 0 Å². The van der Waals surface area contributed by atoms with Gasteiger partial charge in [0.05, 0.1) is 0 Å². The first kappa shape index (κ1) is 10.2. The van der Waals surface area contributed by atoms with Crippen LogP contribution in [0.3, 0.4) is 0 Å². The normalized spacial score (nSPS) is 25.6. The highest BCUT2D eigenvalue weighted by molar-refractivity contribution is 5.29. The molecule has 1 unspecified atom stereocenters. The molecule has 3 rings (SSSR count). The molecule has 1 fully saturated rings. The molecule has 3 heteroatoms. The van der Waals surface area contributed by atoms with Gasteiger partial charge in [0.2, 0.25) is 0 Å². The second-order valence-electron chi connectivity index (χ2n) is 5.08. The molecule has 3 nitrogen and oxygen atoms in total. The first-order chi connectivity index (χ1) is 7.86. The van der Waals surface area contributed by atoms with Crippen LogP contribution in [0.5, 0.6) is 0 Å². The van der Waals surface area contributed by atoms with Crippen molar-refractivity contribution in [3.05, 3.63) is 23.5 Å². The van der Waals surface area contributed by atoms with E-state index in [0.717, 1.165) is 6.42 Å². The van der Waals surface area contributed by atoms with Gasteiger partial charge in [0, 0.05) is 31.0 Å². The van der Waals surface area contributed by atoms with E-state index in [-0.39, 0.29) is 6.04 Å². The maximum absolute atomic E-state index is 6.16.